The van der Waals surface area contributed by atoms with Gasteiger partial charge in [0.2, 0.25) is 0 Å². The summed E-state index contributed by atoms with van der Waals surface area (Å²) in [6.07, 6.45) is 5.10. The van der Waals surface area contributed by atoms with Gasteiger partial charge < -0.3 is 0 Å². The van der Waals surface area contributed by atoms with Gasteiger partial charge in [-0.15, -0.1) is 0 Å². The van der Waals surface area contributed by atoms with Gasteiger partial charge in [-0.05, 0) is 23.6 Å². The quantitative estimate of drug-likeness (QED) is 0.542. The van der Waals surface area contributed by atoms with Crippen molar-refractivity contribution in [3.8, 4) is 0 Å². The average Bonchev–Trinajstić information content (AvgIpc) is 2.49. The first-order chi connectivity index (χ1) is 10.0. The van der Waals surface area contributed by atoms with E-state index < -0.39 is 0 Å². The van der Waals surface area contributed by atoms with E-state index in [1.54, 1.807) is 6.08 Å². The molecule has 0 aliphatic heterocycles. The third kappa shape index (κ3) is 3.31. The number of Topliss-reactive ketones (excluding diaryl/α,β-unsaturated/α-hetero) is 2. The molecular weight excluding hydrogens is 264 g/mol. The second-order valence-corrected chi connectivity index (χ2v) is 4.94. The molecule has 0 amide bonds. The number of hydrogen-bond acceptors (Lipinski definition) is 3. The van der Waals surface area contributed by atoms with Crippen molar-refractivity contribution in [1.82, 2.24) is 0 Å². The molecule has 0 heterocycles. The van der Waals surface area contributed by atoms with Crippen LogP contribution in [0, 0.1) is 0 Å². The highest BCUT2D eigenvalue weighted by atomic mass is 16.2. The highest BCUT2D eigenvalue weighted by Gasteiger charge is 2.20. The molecule has 106 valence electrons. The molecule has 2 aliphatic rings. The Bertz CT molecular complexity index is 659. The van der Waals surface area contributed by atoms with Crippen LogP contribution >= 0.6 is 0 Å². The lowest BCUT2D eigenvalue weighted by Gasteiger charge is -2.10. The number of carbonyl (C=O) groups excluding carboxylic acids is 3. The minimum atomic E-state index is -0.0775. The smallest absolute Gasteiger partial charge is 0.185 e. The lowest BCUT2D eigenvalue weighted by molar-refractivity contribution is -0.123. The highest BCUT2D eigenvalue weighted by molar-refractivity contribution is 6.29. The average molecular weight is 280 g/mol. The van der Waals surface area contributed by atoms with Crippen LogP contribution in [0.4, 0.5) is 0 Å². The molecule has 1 aromatic rings. The van der Waals surface area contributed by atoms with Gasteiger partial charge >= 0.3 is 0 Å². The summed E-state index contributed by atoms with van der Waals surface area (Å²) in [6.45, 7) is 7.11. The molecule has 0 spiro atoms. The van der Waals surface area contributed by atoms with Crippen LogP contribution in [-0.4, -0.2) is 17.3 Å². The van der Waals surface area contributed by atoms with E-state index in [1.807, 2.05) is 30.3 Å². The van der Waals surface area contributed by atoms with Crippen molar-refractivity contribution < 1.29 is 14.4 Å². The van der Waals surface area contributed by atoms with E-state index in [4.69, 9.17) is 0 Å². The van der Waals surface area contributed by atoms with E-state index in [0.717, 1.165) is 11.1 Å². The molecule has 1 fully saturated rings. The van der Waals surface area contributed by atoms with Crippen LogP contribution in [0.1, 0.15) is 30.4 Å². The van der Waals surface area contributed by atoms with Crippen LogP contribution in [-0.2, 0) is 14.4 Å². The molecule has 3 heteroatoms. The zero-order valence-electron chi connectivity index (χ0n) is 11.7. The minimum Gasteiger partial charge on any atom is -0.294 e. The van der Waals surface area contributed by atoms with E-state index in [2.05, 4.69) is 13.2 Å². The van der Waals surface area contributed by atoms with Gasteiger partial charge in [-0.2, -0.15) is 0 Å². The fourth-order valence-corrected chi connectivity index (χ4v) is 2.18. The molecule has 0 atom stereocenters. The third-order valence-corrected chi connectivity index (χ3v) is 3.48. The molecule has 0 unspecified atom stereocenters. The van der Waals surface area contributed by atoms with Crippen molar-refractivity contribution in [2.45, 2.75) is 19.3 Å². The van der Waals surface area contributed by atoms with Crippen molar-refractivity contribution in [3.63, 3.8) is 0 Å². The van der Waals surface area contributed by atoms with Gasteiger partial charge in [0.05, 0.1) is 5.57 Å². The van der Waals surface area contributed by atoms with E-state index in [9.17, 15) is 14.4 Å². The third-order valence-electron chi connectivity index (χ3n) is 3.48. The SMILES string of the molecule is C=C1C(=O)C=Cc2ccccc21.C=C1C(=O)CCCC1=O. The van der Waals surface area contributed by atoms with Gasteiger partial charge in [-0.1, -0.05) is 43.5 Å². The second-order valence-electron chi connectivity index (χ2n) is 4.94. The van der Waals surface area contributed by atoms with Gasteiger partial charge in [0.1, 0.15) is 0 Å². The molecule has 0 saturated heterocycles. The molecule has 0 bridgehead atoms. The first-order valence-electron chi connectivity index (χ1n) is 6.76. The largest absolute Gasteiger partial charge is 0.294 e. The number of allylic oxidation sites excluding steroid dienone is 3. The van der Waals surface area contributed by atoms with E-state index in [0.29, 0.717) is 24.8 Å². The first kappa shape index (κ1) is 14.9. The van der Waals surface area contributed by atoms with Crippen LogP contribution in [0.2, 0.25) is 0 Å². The van der Waals surface area contributed by atoms with E-state index in [-0.39, 0.29) is 22.9 Å². The maximum atomic E-state index is 11.2. The topological polar surface area (TPSA) is 51.2 Å². The summed E-state index contributed by atoms with van der Waals surface area (Å²) in [5.41, 5.74) is 2.81. The molecule has 1 saturated carbocycles. The van der Waals surface area contributed by atoms with Gasteiger partial charge in [-0.3, -0.25) is 14.4 Å². The first-order valence-corrected chi connectivity index (χ1v) is 6.76. The lowest BCUT2D eigenvalue weighted by atomic mass is 9.93. The maximum Gasteiger partial charge on any atom is 0.185 e. The summed E-state index contributed by atoms with van der Waals surface area (Å²) in [6, 6.07) is 7.76. The Labute approximate surface area is 123 Å². The zero-order chi connectivity index (χ0) is 15.4. The zero-order valence-corrected chi connectivity index (χ0v) is 11.7. The molecule has 21 heavy (non-hydrogen) atoms. The summed E-state index contributed by atoms with van der Waals surface area (Å²) in [5.74, 6) is -0.147. The Balaban J connectivity index is 0.000000161. The van der Waals surface area contributed by atoms with Crippen molar-refractivity contribution in [2.75, 3.05) is 0 Å². The molecule has 0 aromatic heterocycles. The van der Waals surface area contributed by atoms with Gasteiger partial charge in [0.15, 0.2) is 17.3 Å². The Kier molecular flexibility index (Phi) is 4.43. The minimum absolute atomic E-state index is 0.00806. The van der Waals surface area contributed by atoms with Gasteiger partial charge in [-0.25, -0.2) is 0 Å². The predicted molar refractivity (Wildman–Crippen MR) is 82.5 cm³/mol. The maximum absolute atomic E-state index is 11.2. The number of hydrogen-bond donors (Lipinski definition) is 0. The Morgan fingerprint density at radius 3 is 2.05 bits per heavy atom. The summed E-state index contributed by atoms with van der Waals surface area (Å²) in [4.78, 5) is 32.5. The van der Waals surface area contributed by atoms with Crippen LogP contribution in [0.15, 0.2) is 49.1 Å². The van der Waals surface area contributed by atoms with Crippen LogP contribution in [0.5, 0.6) is 0 Å². The molecule has 3 nitrogen and oxygen atoms in total. The highest BCUT2D eigenvalue weighted by Crippen LogP contribution is 2.24. The van der Waals surface area contributed by atoms with Crippen molar-refractivity contribution in [2.24, 2.45) is 0 Å². The Morgan fingerprint density at radius 1 is 0.810 bits per heavy atom. The van der Waals surface area contributed by atoms with Crippen molar-refractivity contribution in [3.05, 3.63) is 60.2 Å². The fraction of sp³-hybridized carbons (Fsp3) is 0.167. The van der Waals surface area contributed by atoms with Gasteiger partial charge in [0, 0.05) is 18.4 Å². The van der Waals surface area contributed by atoms with Crippen molar-refractivity contribution >= 4 is 29.0 Å². The summed E-state index contributed by atoms with van der Waals surface area (Å²) >= 11 is 0. The van der Waals surface area contributed by atoms with Gasteiger partial charge in [0.25, 0.3) is 0 Å². The number of carbonyl (C=O) groups is 3. The number of fused-ring (bicyclic) bond motifs is 1. The molecule has 1 aromatic carbocycles. The Hall–Kier alpha value is -2.55. The van der Waals surface area contributed by atoms with Crippen LogP contribution in [0.25, 0.3) is 11.6 Å². The normalized spacial score (nSPS) is 17.2. The molecule has 2 aliphatic carbocycles. The number of ketones is 3. The molecular formula is C18H16O3. The number of rotatable bonds is 0. The number of benzene rings is 1. The van der Waals surface area contributed by atoms with E-state index >= 15 is 0 Å². The van der Waals surface area contributed by atoms with E-state index in [1.165, 1.54) is 0 Å². The predicted octanol–water partition coefficient (Wildman–Crippen LogP) is 3.16. The Morgan fingerprint density at radius 2 is 1.43 bits per heavy atom. The molecule has 3 rings (SSSR count). The molecule has 0 radical (unpaired) electrons. The van der Waals surface area contributed by atoms with Crippen LogP contribution in [0.3, 0.4) is 0 Å². The summed E-state index contributed by atoms with van der Waals surface area (Å²) < 4.78 is 0. The van der Waals surface area contributed by atoms with Crippen LogP contribution < -0.4 is 0 Å². The van der Waals surface area contributed by atoms with Crippen molar-refractivity contribution in [1.29, 1.82) is 0 Å². The lowest BCUT2D eigenvalue weighted by Crippen LogP contribution is -2.17. The second kappa shape index (κ2) is 6.27. The molecule has 0 N–H and O–H groups in total. The summed E-state index contributed by atoms with van der Waals surface area (Å²) in [7, 11) is 0. The fourth-order valence-electron chi connectivity index (χ4n) is 2.18. The standard InChI is InChI=1S/C11H8O.C7H8O2/c1-8-10-5-3-2-4-9(10)6-7-11(8)12;1-5-6(8)3-2-4-7(5)9/h2-7H,1H2;1-4H2. The summed E-state index contributed by atoms with van der Waals surface area (Å²) in [5, 5.41) is 0. The monoisotopic (exact) mass is 280 g/mol.